The number of carbonyl (C=O) groups excluding carboxylic acids is 1. The van der Waals surface area contributed by atoms with Crippen molar-refractivity contribution in [1.82, 2.24) is 5.32 Å². The molecule has 0 heterocycles. The lowest BCUT2D eigenvalue weighted by molar-refractivity contribution is -0.120. The van der Waals surface area contributed by atoms with E-state index in [0.29, 0.717) is 13.0 Å². The van der Waals surface area contributed by atoms with E-state index in [0.717, 1.165) is 24.8 Å². The van der Waals surface area contributed by atoms with E-state index in [-0.39, 0.29) is 17.9 Å². The molecule has 1 fully saturated rings. The maximum absolute atomic E-state index is 12.1. The Hall–Kier alpha value is -1.87. The summed E-state index contributed by atoms with van der Waals surface area (Å²) in [6.45, 7) is 0.903. The van der Waals surface area contributed by atoms with Crippen LogP contribution >= 0.6 is 0 Å². The number of aliphatic hydroxyl groups excluding tert-OH is 1. The van der Waals surface area contributed by atoms with Gasteiger partial charge in [-0.15, -0.1) is 0 Å². The molecule has 0 saturated heterocycles. The van der Waals surface area contributed by atoms with Crippen LogP contribution in [0.1, 0.15) is 24.8 Å². The summed E-state index contributed by atoms with van der Waals surface area (Å²) in [5.74, 6) is 0.0643. The van der Waals surface area contributed by atoms with Crippen molar-refractivity contribution in [2.75, 3.05) is 13.2 Å². The Morgan fingerprint density at radius 2 is 1.90 bits per heavy atom. The van der Waals surface area contributed by atoms with E-state index in [1.54, 1.807) is 0 Å². The van der Waals surface area contributed by atoms with Gasteiger partial charge in [0.05, 0.1) is 6.42 Å². The molecule has 3 nitrogen and oxygen atoms in total. The standard InChI is InChI=1S/C18H21NO2/c20-10-9-18(7-8-18)13-19-17(21)12-14-5-6-15-3-1-2-4-16(15)11-14/h1-6,11,20H,7-10,12-13H2,(H,19,21). The number of hydrogen-bond donors (Lipinski definition) is 2. The van der Waals surface area contributed by atoms with Gasteiger partial charge >= 0.3 is 0 Å². The fourth-order valence-electron chi connectivity index (χ4n) is 2.81. The number of amides is 1. The fourth-order valence-corrected chi connectivity index (χ4v) is 2.81. The van der Waals surface area contributed by atoms with Crippen molar-refractivity contribution < 1.29 is 9.90 Å². The smallest absolute Gasteiger partial charge is 0.224 e. The summed E-state index contributed by atoms with van der Waals surface area (Å²) in [4.78, 5) is 12.1. The van der Waals surface area contributed by atoms with Crippen LogP contribution in [0.3, 0.4) is 0 Å². The lowest BCUT2D eigenvalue weighted by Crippen LogP contribution is -2.31. The highest BCUT2D eigenvalue weighted by Crippen LogP contribution is 2.47. The number of rotatable bonds is 6. The maximum atomic E-state index is 12.1. The van der Waals surface area contributed by atoms with Gasteiger partial charge in [0, 0.05) is 13.2 Å². The van der Waals surface area contributed by atoms with Gasteiger partial charge in [-0.05, 0) is 41.0 Å². The number of carbonyl (C=O) groups is 1. The predicted octanol–water partition coefficient (Wildman–Crippen LogP) is 2.66. The normalized spacial score (nSPS) is 15.9. The van der Waals surface area contributed by atoms with Crippen molar-refractivity contribution in [1.29, 1.82) is 0 Å². The minimum atomic E-state index is 0.0643. The lowest BCUT2D eigenvalue weighted by Gasteiger charge is -2.14. The zero-order chi connectivity index (χ0) is 14.7. The second-order valence-corrected chi connectivity index (χ2v) is 6.11. The Labute approximate surface area is 125 Å². The summed E-state index contributed by atoms with van der Waals surface area (Å²) in [6.07, 6.45) is 3.44. The molecule has 21 heavy (non-hydrogen) atoms. The highest BCUT2D eigenvalue weighted by molar-refractivity contribution is 5.85. The third-order valence-corrected chi connectivity index (χ3v) is 4.44. The van der Waals surface area contributed by atoms with E-state index in [2.05, 4.69) is 29.6 Å². The maximum Gasteiger partial charge on any atom is 0.224 e. The van der Waals surface area contributed by atoms with Crippen molar-refractivity contribution in [3.63, 3.8) is 0 Å². The van der Waals surface area contributed by atoms with Gasteiger partial charge in [-0.1, -0.05) is 42.5 Å². The van der Waals surface area contributed by atoms with E-state index in [1.165, 1.54) is 10.8 Å². The number of benzene rings is 2. The topological polar surface area (TPSA) is 49.3 Å². The summed E-state index contributed by atoms with van der Waals surface area (Å²) >= 11 is 0. The summed E-state index contributed by atoms with van der Waals surface area (Å²) in [7, 11) is 0. The van der Waals surface area contributed by atoms with Gasteiger partial charge in [-0.25, -0.2) is 0 Å². The number of aliphatic hydroxyl groups is 1. The molecule has 2 aromatic carbocycles. The molecule has 0 radical (unpaired) electrons. The highest BCUT2D eigenvalue weighted by atomic mass is 16.3. The van der Waals surface area contributed by atoms with Gasteiger partial charge in [0.2, 0.25) is 5.91 Å². The minimum absolute atomic E-state index is 0.0643. The minimum Gasteiger partial charge on any atom is -0.396 e. The second kappa shape index (κ2) is 5.86. The average molecular weight is 283 g/mol. The Morgan fingerprint density at radius 3 is 2.62 bits per heavy atom. The van der Waals surface area contributed by atoms with Crippen molar-refractivity contribution >= 4 is 16.7 Å². The van der Waals surface area contributed by atoms with Gasteiger partial charge in [-0.3, -0.25) is 4.79 Å². The molecule has 0 atom stereocenters. The first-order valence-electron chi connectivity index (χ1n) is 7.56. The van der Waals surface area contributed by atoms with Crippen molar-refractivity contribution in [3.05, 3.63) is 48.0 Å². The summed E-state index contributed by atoms with van der Waals surface area (Å²) in [5, 5.41) is 14.4. The molecule has 1 saturated carbocycles. The van der Waals surface area contributed by atoms with Crippen molar-refractivity contribution in [2.45, 2.75) is 25.7 Å². The van der Waals surface area contributed by atoms with Gasteiger partial charge in [0.15, 0.2) is 0 Å². The molecule has 0 unspecified atom stereocenters. The number of nitrogens with one attached hydrogen (secondary N) is 1. The molecule has 0 aliphatic heterocycles. The lowest BCUT2D eigenvalue weighted by atomic mass is 10.0. The quantitative estimate of drug-likeness (QED) is 0.856. The third kappa shape index (κ3) is 3.42. The zero-order valence-electron chi connectivity index (χ0n) is 12.1. The molecular formula is C18H21NO2. The van der Waals surface area contributed by atoms with Crippen LogP contribution in [0.5, 0.6) is 0 Å². The van der Waals surface area contributed by atoms with E-state index >= 15 is 0 Å². The van der Waals surface area contributed by atoms with Crippen LogP contribution in [0.4, 0.5) is 0 Å². The van der Waals surface area contributed by atoms with Gasteiger partial charge < -0.3 is 10.4 Å². The van der Waals surface area contributed by atoms with E-state index < -0.39 is 0 Å². The molecule has 3 rings (SSSR count). The Bertz CT molecular complexity index is 646. The molecule has 110 valence electrons. The number of hydrogen-bond acceptors (Lipinski definition) is 2. The molecule has 2 aromatic rings. The SMILES string of the molecule is O=C(Cc1ccc2ccccc2c1)NCC1(CCO)CC1. The van der Waals surface area contributed by atoms with Crippen LogP contribution in [-0.4, -0.2) is 24.2 Å². The first kappa shape index (κ1) is 14.1. The van der Waals surface area contributed by atoms with Gasteiger partial charge in [0.25, 0.3) is 0 Å². The van der Waals surface area contributed by atoms with Gasteiger partial charge in [0.1, 0.15) is 0 Å². The molecule has 1 aliphatic carbocycles. The molecule has 0 aromatic heterocycles. The zero-order valence-corrected chi connectivity index (χ0v) is 12.1. The van der Waals surface area contributed by atoms with Crippen LogP contribution in [0.15, 0.2) is 42.5 Å². The summed E-state index contributed by atoms with van der Waals surface area (Å²) in [6, 6.07) is 14.3. The molecular weight excluding hydrogens is 262 g/mol. The van der Waals surface area contributed by atoms with Crippen LogP contribution < -0.4 is 5.32 Å². The van der Waals surface area contributed by atoms with Crippen LogP contribution in [0.2, 0.25) is 0 Å². The van der Waals surface area contributed by atoms with E-state index in [9.17, 15) is 4.79 Å². The fraction of sp³-hybridized carbons (Fsp3) is 0.389. The monoisotopic (exact) mass is 283 g/mol. The predicted molar refractivity (Wildman–Crippen MR) is 84.0 cm³/mol. The Morgan fingerprint density at radius 1 is 1.14 bits per heavy atom. The molecule has 0 bridgehead atoms. The molecule has 2 N–H and O–H groups in total. The van der Waals surface area contributed by atoms with E-state index in [1.807, 2.05) is 18.2 Å². The van der Waals surface area contributed by atoms with Crippen molar-refractivity contribution in [2.24, 2.45) is 5.41 Å². The van der Waals surface area contributed by atoms with E-state index in [4.69, 9.17) is 5.11 Å². The third-order valence-electron chi connectivity index (χ3n) is 4.44. The molecule has 1 aliphatic rings. The Balaban J connectivity index is 1.58. The van der Waals surface area contributed by atoms with Crippen LogP contribution in [0.25, 0.3) is 10.8 Å². The average Bonchev–Trinajstić information content (AvgIpc) is 3.26. The largest absolute Gasteiger partial charge is 0.396 e. The van der Waals surface area contributed by atoms with Crippen LogP contribution in [-0.2, 0) is 11.2 Å². The Kier molecular flexibility index (Phi) is 3.93. The summed E-state index contributed by atoms with van der Waals surface area (Å²) in [5.41, 5.74) is 1.21. The van der Waals surface area contributed by atoms with Gasteiger partial charge in [-0.2, -0.15) is 0 Å². The summed E-state index contributed by atoms with van der Waals surface area (Å²) < 4.78 is 0. The highest BCUT2D eigenvalue weighted by Gasteiger charge is 2.41. The number of fused-ring (bicyclic) bond motifs is 1. The second-order valence-electron chi connectivity index (χ2n) is 6.11. The molecule has 1 amide bonds. The first-order chi connectivity index (χ1) is 10.2. The first-order valence-corrected chi connectivity index (χ1v) is 7.56. The van der Waals surface area contributed by atoms with Crippen LogP contribution in [0, 0.1) is 5.41 Å². The van der Waals surface area contributed by atoms with Crippen molar-refractivity contribution in [3.8, 4) is 0 Å². The molecule has 0 spiro atoms. The molecule has 3 heteroatoms.